The Morgan fingerprint density at radius 1 is 0.467 bits per heavy atom. The minimum atomic E-state index is -0.196. The average Bonchev–Trinajstić information content (AvgIpc) is 3.67. The molecule has 0 unspecified atom stereocenters. The molecule has 2 heterocycles. The number of para-hydroxylation sites is 1. The van der Waals surface area contributed by atoms with Crippen molar-refractivity contribution in [2.75, 3.05) is 4.90 Å². The number of hydrogen-bond acceptors (Lipinski definition) is 3. The van der Waals surface area contributed by atoms with Crippen molar-refractivity contribution in [1.29, 1.82) is 0 Å². The minimum absolute atomic E-state index is 0.196. The van der Waals surface area contributed by atoms with Crippen molar-refractivity contribution in [3.8, 4) is 44.9 Å². The van der Waals surface area contributed by atoms with Crippen LogP contribution in [0.5, 0.6) is 11.5 Å². The number of fused-ring (bicyclic) bond motifs is 6. The number of aryl methyl sites for hydroxylation is 1. The number of thiophene rings is 1. The van der Waals surface area contributed by atoms with Gasteiger partial charge < -0.3 is 9.64 Å². The number of ether oxygens (including phenoxy) is 1. The third-order valence-corrected chi connectivity index (χ3v) is 13.8. The van der Waals surface area contributed by atoms with Gasteiger partial charge in [0.1, 0.15) is 11.5 Å². The number of anilines is 3. The van der Waals surface area contributed by atoms with Crippen LogP contribution in [0.15, 0.2) is 194 Å². The second-order valence-corrected chi connectivity index (χ2v) is 17.5. The molecule has 1 aliphatic rings. The number of hydrogen-bond donors (Lipinski definition) is 0. The van der Waals surface area contributed by atoms with Crippen molar-refractivity contribution in [3.63, 3.8) is 0 Å². The van der Waals surface area contributed by atoms with Crippen LogP contribution in [-0.4, -0.2) is 0 Å². The van der Waals surface area contributed by atoms with Gasteiger partial charge in [-0.1, -0.05) is 154 Å². The Morgan fingerprint density at radius 2 is 1.10 bits per heavy atom. The van der Waals surface area contributed by atoms with E-state index in [4.69, 9.17) is 4.74 Å². The fourth-order valence-electron chi connectivity index (χ4n) is 9.29. The predicted octanol–water partition coefficient (Wildman–Crippen LogP) is 16.7. The van der Waals surface area contributed by atoms with Crippen molar-refractivity contribution < 1.29 is 4.74 Å². The predicted molar refractivity (Wildman–Crippen MR) is 256 cm³/mol. The Kier molecular flexibility index (Phi) is 8.68. The summed E-state index contributed by atoms with van der Waals surface area (Å²) in [6, 6.07) is 70.9. The van der Waals surface area contributed by atoms with Gasteiger partial charge in [0.25, 0.3) is 0 Å². The van der Waals surface area contributed by atoms with Crippen molar-refractivity contribution in [3.05, 3.63) is 211 Å². The molecule has 0 atom stereocenters. The Balaban J connectivity index is 1.05. The van der Waals surface area contributed by atoms with Crippen molar-refractivity contribution in [2.24, 2.45) is 0 Å². The summed E-state index contributed by atoms with van der Waals surface area (Å²) in [6.45, 7) is 6.86. The molecule has 1 aromatic heterocycles. The van der Waals surface area contributed by atoms with E-state index < -0.39 is 0 Å². The van der Waals surface area contributed by atoms with E-state index in [9.17, 15) is 0 Å². The van der Waals surface area contributed by atoms with Crippen LogP contribution in [-0.2, 0) is 11.8 Å². The largest absolute Gasteiger partial charge is 0.457 e. The first-order valence-corrected chi connectivity index (χ1v) is 21.7. The summed E-state index contributed by atoms with van der Waals surface area (Å²) in [4.78, 5) is 2.39. The molecule has 288 valence electrons. The van der Waals surface area contributed by atoms with Gasteiger partial charge in [-0.3, -0.25) is 0 Å². The Bertz CT molecular complexity index is 3230. The van der Waals surface area contributed by atoms with E-state index in [2.05, 4.69) is 220 Å². The molecule has 0 aliphatic carbocycles. The fraction of sp³-hybridized carbons (Fsp3) is 0.0877. The molecule has 0 saturated heterocycles. The normalized spacial score (nSPS) is 12.9. The molecular weight excluding hydrogens is 747 g/mol. The van der Waals surface area contributed by atoms with Crippen molar-refractivity contribution in [2.45, 2.75) is 32.6 Å². The number of rotatable bonds is 7. The monoisotopic (exact) mass is 789 g/mol. The van der Waals surface area contributed by atoms with E-state index >= 15 is 0 Å². The van der Waals surface area contributed by atoms with E-state index in [0.29, 0.717) is 0 Å². The second kappa shape index (κ2) is 14.4. The summed E-state index contributed by atoms with van der Waals surface area (Å²) in [7, 11) is 0. The van der Waals surface area contributed by atoms with E-state index in [0.717, 1.165) is 35.0 Å². The Labute approximate surface area is 355 Å². The van der Waals surface area contributed by atoms with Crippen molar-refractivity contribution >= 4 is 59.3 Å². The molecule has 0 spiro atoms. The third kappa shape index (κ3) is 6.08. The molecule has 0 N–H and O–H groups in total. The van der Waals surface area contributed by atoms with Crippen LogP contribution < -0.4 is 9.64 Å². The third-order valence-electron chi connectivity index (χ3n) is 12.5. The molecule has 60 heavy (non-hydrogen) atoms. The summed E-state index contributed by atoms with van der Waals surface area (Å²) >= 11 is 1.90. The zero-order valence-electron chi connectivity index (χ0n) is 33.9. The van der Waals surface area contributed by atoms with E-state index in [-0.39, 0.29) is 5.41 Å². The topological polar surface area (TPSA) is 12.5 Å². The summed E-state index contributed by atoms with van der Waals surface area (Å²) in [5, 5.41) is 5.07. The summed E-state index contributed by atoms with van der Waals surface area (Å²) < 4.78 is 9.35. The van der Waals surface area contributed by atoms with E-state index in [1.165, 1.54) is 81.0 Å². The molecule has 0 fully saturated rings. The molecule has 11 rings (SSSR count). The van der Waals surface area contributed by atoms with Gasteiger partial charge in [-0.25, -0.2) is 0 Å². The van der Waals surface area contributed by atoms with Gasteiger partial charge >= 0.3 is 0 Å². The average molecular weight is 790 g/mol. The van der Waals surface area contributed by atoms with Gasteiger partial charge in [0.2, 0.25) is 0 Å². The smallest absolute Gasteiger partial charge is 0.133 e. The molecular formula is C57H43NOS. The number of nitrogens with zero attached hydrogens (tertiary/aromatic N) is 1. The fourth-order valence-corrected chi connectivity index (χ4v) is 10.5. The highest BCUT2D eigenvalue weighted by Crippen LogP contribution is 2.50. The summed E-state index contributed by atoms with van der Waals surface area (Å²) in [5.74, 6) is 1.81. The van der Waals surface area contributed by atoms with Crippen LogP contribution in [0, 0.1) is 0 Å². The molecule has 2 nitrogen and oxygen atoms in total. The molecule has 1 aliphatic heterocycles. The molecule has 0 bridgehead atoms. The Morgan fingerprint density at radius 3 is 1.92 bits per heavy atom. The SMILES string of the molecule is CCc1cc(-c2ccc(-c3ccccc3)cc2)cc2c1sc1ccc(N(c3ccc(-c4cccc5ccccc45)cc3)c3ccc4c(c3)Oc3ccccc3C4(C)C)cc12. The van der Waals surface area contributed by atoms with E-state index in [1.807, 2.05) is 11.3 Å². The first kappa shape index (κ1) is 36.2. The van der Waals surface area contributed by atoms with Gasteiger partial charge in [0.05, 0.1) is 0 Å². The first-order chi connectivity index (χ1) is 29.4. The maximum Gasteiger partial charge on any atom is 0.133 e. The maximum absolute atomic E-state index is 6.70. The lowest BCUT2D eigenvalue weighted by molar-refractivity contribution is 0.418. The lowest BCUT2D eigenvalue weighted by atomic mass is 9.76. The van der Waals surface area contributed by atoms with Crippen LogP contribution in [0.4, 0.5) is 17.1 Å². The van der Waals surface area contributed by atoms with Crippen molar-refractivity contribution in [1.82, 2.24) is 0 Å². The van der Waals surface area contributed by atoms with Crippen LogP contribution in [0.1, 0.15) is 37.5 Å². The van der Waals surface area contributed by atoms with Gasteiger partial charge in [0.15, 0.2) is 0 Å². The van der Waals surface area contributed by atoms with Crippen LogP contribution in [0.2, 0.25) is 0 Å². The van der Waals surface area contributed by atoms with Crippen LogP contribution >= 0.6 is 11.3 Å². The van der Waals surface area contributed by atoms with Gasteiger partial charge in [-0.05, 0) is 111 Å². The van der Waals surface area contributed by atoms with E-state index in [1.54, 1.807) is 0 Å². The summed E-state index contributed by atoms with van der Waals surface area (Å²) in [5.41, 5.74) is 14.2. The molecule has 10 aromatic rings. The highest BCUT2D eigenvalue weighted by atomic mass is 32.1. The first-order valence-electron chi connectivity index (χ1n) is 20.9. The van der Waals surface area contributed by atoms with Gasteiger partial charge in [-0.2, -0.15) is 0 Å². The lowest BCUT2D eigenvalue weighted by Crippen LogP contribution is -2.24. The molecule has 9 aromatic carbocycles. The second-order valence-electron chi connectivity index (χ2n) is 16.4. The zero-order valence-corrected chi connectivity index (χ0v) is 34.8. The number of benzene rings is 9. The molecule has 0 radical (unpaired) electrons. The lowest BCUT2D eigenvalue weighted by Gasteiger charge is -2.35. The quantitative estimate of drug-likeness (QED) is 0.159. The molecule has 3 heteroatoms. The highest BCUT2D eigenvalue weighted by molar-refractivity contribution is 7.26. The van der Waals surface area contributed by atoms with Crippen LogP contribution in [0.3, 0.4) is 0 Å². The molecule has 0 saturated carbocycles. The van der Waals surface area contributed by atoms with Gasteiger partial charge in [-0.15, -0.1) is 11.3 Å². The van der Waals surface area contributed by atoms with Crippen LogP contribution in [0.25, 0.3) is 64.3 Å². The maximum atomic E-state index is 6.70. The molecule has 0 amide bonds. The zero-order chi connectivity index (χ0) is 40.4. The standard InChI is InChI=1S/C57H43NOS/c1-4-37-33-43(40-23-21-39(22-24-40)38-13-6-5-7-14-38)34-50-49-35-45(30-32-55(49)60-56(37)50)58(44-27-25-42(26-28-44)48-18-12-16-41-15-8-9-17-47(41)48)46-29-31-52-54(36-46)59-53-20-11-10-19-51(53)57(52,2)3/h5-36H,4H2,1-3H3. The van der Waals surface area contributed by atoms with Gasteiger partial charge in [0, 0.05) is 59.8 Å². The summed E-state index contributed by atoms with van der Waals surface area (Å²) in [6.07, 6.45) is 0.968. The highest BCUT2D eigenvalue weighted by Gasteiger charge is 2.34. The Hall–Kier alpha value is -6.94. The minimum Gasteiger partial charge on any atom is -0.457 e.